The fraction of sp³-hybridized carbons (Fsp3) is 0.450. The molecule has 0 unspecified atom stereocenters. The minimum Gasteiger partial charge on any atom is -0.358 e. The molecule has 2 aromatic rings. The summed E-state index contributed by atoms with van der Waals surface area (Å²) >= 11 is 0. The Hall–Kier alpha value is -2.63. The second kappa shape index (κ2) is 9.17. The number of carbonyl (C=O) groups excluding carboxylic acids is 3. The Labute approximate surface area is 153 Å². The van der Waals surface area contributed by atoms with E-state index in [0.717, 1.165) is 35.9 Å². The topological polar surface area (TPSA) is 80.2 Å². The normalized spacial score (nSPS) is 12.0. The largest absolute Gasteiger partial charge is 0.358 e. The monoisotopic (exact) mass is 357 g/mol. The van der Waals surface area contributed by atoms with Crippen molar-refractivity contribution < 1.29 is 14.4 Å². The van der Waals surface area contributed by atoms with Gasteiger partial charge in [-0.05, 0) is 43.4 Å². The predicted octanol–water partition coefficient (Wildman–Crippen LogP) is 3.11. The summed E-state index contributed by atoms with van der Waals surface area (Å²) in [6.07, 6.45) is 4.74. The highest BCUT2D eigenvalue weighted by atomic mass is 16.2. The summed E-state index contributed by atoms with van der Waals surface area (Å²) in [5.74, 6) is 0.150. The number of unbranched alkanes of at least 4 members (excludes halogenated alkanes) is 1. The average molecular weight is 357 g/mol. The highest BCUT2D eigenvalue weighted by Crippen LogP contribution is 2.21. The summed E-state index contributed by atoms with van der Waals surface area (Å²) in [5, 5.41) is 6.54. The minimum absolute atomic E-state index is 0.0377. The maximum absolute atomic E-state index is 12.1. The molecule has 0 saturated heterocycles. The smallest absolute Gasteiger partial charge is 0.239 e. The van der Waals surface area contributed by atoms with Crippen molar-refractivity contribution in [1.29, 1.82) is 0 Å². The summed E-state index contributed by atoms with van der Waals surface area (Å²) in [7, 11) is 1.61. The molecule has 0 radical (unpaired) electrons. The molecule has 26 heavy (non-hydrogen) atoms. The van der Waals surface area contributed by atoms with Crippen LogP contribution in [0, 0.1) is 5.92 Å². The van der Waals surface area contributed by atoms with Gasteiger partial charge in [0.05, 0.1) is 5.52 Å². The lowest BCUT2D eigenvalue weighted by atomic mass is 10.00. The van der Waals surface area contributed by atoms with Crippen LogP contribution in [0.15, 0.2) is 30.5 Å². The molecule has 1 aromatic carbocycles. The fourth-order valence-electron chi connectivity index (χ4n) is 2.80. The highest BCUT2D eigenvalue weighted by Gasteiger charge is 2.09. The Morgan fingerprint density at radius 3 is 2.58 bits per heavy atom. The molecular weight excluding hydrogens is 330 g/mol. The number of carbonyl (C=O) groups is 3. The number of benzene rings is 1. The Kier molecular flexibility index (Phi) is 6.95. The molecule has 0 saturated carbocycles. The molecule has 0 aliphatic carbocycles. The van der Waals surface area contributed by atoms with Gasteiger partial charge in [0, 0.05) is 31.3 Å². The fourth-order valence-corrected chi connectivity index (χ4v) is 2.80. The van der Waals surface area contributed by atoms with Crippen LogP contribution in [-0.4, -0.2) is 29.2 Å². The number of fused-ring (bicyclic) bond motifs is 1. The Balaban J connectivity index is 1.91. The molecule has 0 spiro atoms. The van der Waals surface area contributed by atoms with E-state index in [1.165, 1.54) is 0 Å². The highest BCUT2D eigenvalue weighted by molar-refractivity contribution is 5.94. The number of amides is 2. The van der Waals surface area contributed by atoms with Crippen LogP contribution in [0.1, 0.15) is 39.5 Å². The first-order valence-electron chi connectivity index (χ1n) is 9.00. The molecule has 1 aromatic heterocycles. The molecule has 2 N–H and O–H groups in total. The van der Waals surface area contributed by atoms with E-state index >= 15 is 0 Å². The third-order valence-corrected chi connectivity index (χ3v) is 4.64. The van der Waals surface area contributed by atoms with Crippen molar-refractivity contribution in [1.82, 2.24) is 9.88 Å². The molecule has 2 amide bonds. The number of nitrogens with zero attached hydrogens (tertiary/aromatic N) is 1. The molecule has 6 nitrogen and oxygen atoms in total. The van der Waals surface area contributed by atoms with Gasteiger partial charge >= 0.3 is 0 Å². The zero-order valence-corrected chi connectivity index (χ0v) is 15.7. The van der Waals surface area contributed by atoms with Crippen molar-refractivity contribution >= 4 is 34.2 Å². The van der Waals surface area contributed by atoms with Crippen molar-refractivity contribution in [3.05, 3.63) is 30.5 Å². The predicted molar refractivity (Wildman–Crippen MR) is 103 cm³/mol. The van der Waals surface area contributed by atoms with Gasteiger partial charge in [-0.2, -0.15) is 0 Å². The molecule has 0 bridgehead atoms. The number of anilines is 1. The molecule has 0 aliphatic heterocycles. The van der Waals surface area contributed by atoms with Crippen LogP contribution in [0.5, 0.6) is 0 Å². The first-order valence-corrected chi connectivity index (χ1v) is 9.00. The zero-order chi connectivity index (χ0) is 19.1. The molecule has 2 rings (SSSR count). The van der Waals surface area contributed by atoms with E-state index in [1.54, 1.807) is 14.0 Å². The van der Waals surface area contributed by atoms with E-state index in [-0.39, 0.29) is 30.1 Å². The molecule has 0 aliphatic rings. The maximum atomic E-state index is 12.1. The summed E-state index contributed by atoms with van der Waals surface area (Å²) in [4.78, 5) is 34.9. The zero-order valence-electron chi connectivity index (χ0n) is 15.7. The first kappa shape index (κ1) is 19.7. The Morgan fingerprint density at radius 2 is 1.88 bits per heavy atom. The van der Waals surface area contributed by atoms with Crippen LogP contribution in [0.3, 0.4) is 0 Å². The standard InChI is InChI=1S/C20H27N3O3/c1-14(15(2)24)6-4-5-7-19(25)22-17-9-8-16-10-11-23(18(16)12-17)13-20(26)21-3/h8-12,14H,4-7,13H2,1-3H3,(H,21,26)(H,22,25)/t14-/m0/s1. The number of rotatable bonds is 9. The van der Waals surface area contributed by atoms with Crippen LogP contribution in [0.4, 0.5) is 5.69 Å². The number of likely N-dealkylation sites (N-methyl/N-ethyl adjacent to an activating group) is 1. The molecule has 1 heterocycles. The third-order valence-electron chi connectivity index (χ3n) is 4.64. The van der Waals surface area contributed by atoms with Gasteiger partial charge in [-0.15, -0.1) is 0 Å². The summed E-state index contributed by atoms with van der Waals surface area (Å²) < 4.78 is 1.85. The molecular formula is C20H27N3O3. The van der Waals surface area contributed by atoms with E-state index in [2.05, 4.69) is 10.6 Å². The molecule has 6 heteroatoms. The van der Waals surface area contributed by atoms with Crippen molar-refractivity contribution in [2.75, 3.05) is 12.4 Å². The lowest BCUT2D eigenvalue weighted by molar-refractivity contribution is -0.121. The van der Waals surface area contributed by atoms with E-state index in [0.29, 0.717) is 6.42 Å². The van der Waals surface area contributed by atoms with Crippen molar-refractivity contribution in [3.8, 4) is 0 Å². The van der Waals surface area contributed by atoms with Gasteiger partial charge in [0.15, 0.2) is 0 Å². The summed E-state index contributed by atoms with van der Waals surface area (Å²) in [6, 6.07) is 7.62. The first-order chi connectivity index (χ1) is 12.4. The third kappa shape index (κ3) is 5.44. The van der Waals surface area contributed by atoms with Gasteiger partial charge in [-0.1, -0.05) is 19.4 Å². The van der Waals surface area contributed by atoms with Crippen LogP contribution < -0.4 is 10.6 Å². The quantitative estimate of drug-likeness (QED) is 0.677. The van der Waals surface area contributed by atoms with E-state index < -0.39 is 0 Å². The number of hydrogen-bond acceptors (Lipinski definition) is 3. The van der Waals surface area contributed by atoms with Crippen molar-refractivity contribution in [3.63, 3.8) is 0 Å². The summed E-state index contributed by atoms with van der Waals surface area (Å²) in [5.41, 5.74) is 1.62. The van der Waals surface area contributed by atoms with E-state index in [4.69, 9.17) is 0 Å². The maximum Gasteiger partial charge on any atom is 0.239 e. The number of aromatic nitrogens is 1. The van der Waals surface area contributed by atoms with Gasteiger partial charge in [-0.25, -0.2) is 0 Å². The van der Waals surface area contributed by atoms with Gasteiger partial charge in [0.2, 0.25) is 11.8 Å². The molecule has 140 valence electrons. The van der Waals surface area contributed by atoms with E-state index in [9.17, 15) is 14.4 Å². The molecule has 0 fully saturated rings. The second-order valence-electron chi connectivity index (χ2n) is 6.70. The number of ketones is 1. The average Bonchev–Trinajstić information content (AvgIpc) is 3.00. The van der Waals surface area contributed by atoms with Crippen LogP contribution in [0.25, 0.3) is 10.9 Å². The second-order valence-corrected chi connectivity index (χ2v) is 6.70. The number of Topliss-reactive ketones (excluding diaryl/α,β-unsaturated/α-hetero) is 1. The Morgan fingerprint density at radius 1 is 1.12 bits per heavy atom. The number of hydrogen-bond donors (Lipinski definition) is 2. The van der Waals surface area contributed by atoms with Gasteiger partial charge in [0.25, 0.3) is 0 Å². The Bertz CT molecular complexity index is 795. The minimum atomic E-state index is -0.0725. The lowest BCUT2D eigenvalue weighted by Crippen LogP contribution is -2.23. The molecule has 1 atom stereocenters. The van der Waals surface area contributed by atoms with Crippen LogP contribution in [-0.2, 0) is 20.9 Å². The van der Waals surface area contributed by atoms with Gasteiger partial charge < -0.3 is 15.2 Å². The van der Waals surface area contributed by atoms with Crippen LogP contribution in [0.2, 0.25) is 0 Å². The van der Waals surface area contributed by atoms with Crippen molar-refractivity contribution in [2.45, 2.75) is 46.1 Å². The van der Waals surface area contributed by atoms with E-state index in [1.807, 2.05) is 42.0 Å². The summed E-state index contributed by atoms with van der Waals surface area (Å²) in [6.45, 7) is 3.77. The van der Waals surface area contributed by atoms with Gasteiger partial charge in [0.1, 0.15) is 12.3 Å². The van der Waals surface area contributed by atoms with Gasteiger partial charge in [-0.3, -0.25) is 14.4 Å². The SMILES string of the molecule is CNC(=O)Cn1ccc2ccc(NC(=O)CCCC[C@H](C)C(C)=O)cc21. The van der Waals surface area contributed by atoms with Crippen molar-refractivity contribution in [2.24, 2.45) is 5.92 Å². The lowest BCUT2D eigenvalue weighted by Gasteiger charge is -2.09. The van der Waals surface area contributed by atoms with Crippen LogP contribution >= 0.6 is 0 Å². The number of nitrogens with one attached hydrogen (secondary N) is 2.